The summed E-state index contributed by atoms with van der Waals surface area (Å²) in [5.74, 6) is 0.475. The molecule has 30 heavy (non-hydrogen) atoms. The largest absolute Gasteiger partial charge is 0.492 e. The molecule has 0 aromatic heterocycles. The maximum atomic E-state index is 12.9. The third-order valence-electron chi connectivity index (χ3n) is 5.68. The zero-order chi connectivity index (χ0) is 21.3. The van der Waals surface area contributed by atoms with Crippen molar-refractivity contribution in [1.82, 2.24) is 9.21 Å². The fraction of sp³-hybridized carbons (Fsp3) is 0.364. The van der Waals surface area contributed by atoms with E-state index in [0.717, 1.165) is 11.3 Å². The van der Waals surface area contributed by atoms with Gasteiger partial charge in [0.15, 0.2) is 5.78 Å². The highest BCUT2D eigenvalue weighted by Gasteiger charge is 2.34. The van der Waals surface area contributed by atoms with Gasteiger partial charge < -0.3 is 9.64 Å². The molecule has 0 bridgehead atoms. The maximum Gasteiger partial charge on any atom is 0.243 e. The zero-order valence-corrected chi connectivity index (χ0v) is 17.6. The molecule has 0 N–H and O–H groups in total. The lowest BCUT2D eigenvalue weighted by Crippen LogP contribution is -2.52. The van der Waals surface area contributed by atoms with E-state index in [1.165, 1.54) is 35.5 Å². The number of hydrogen-bond acceptors (Lipinski definition) is 5. The zero-order valence-electron chi connectivity index (χ0n) is 16.8. The second kappa shape index (κ2) is 8.20. The van der Waals surface area contributed by atoms with Gasteiger partial charge in [-0.25, -0.2) is 8.42 Å². The second-order valence-corrected chi connectivity index (χ2v) is 9.57. The van der Waals surface area contributed by atoms with Gasteiger partial charge in [0.25, 0.3) is 0 Å². The van der Waals surface area contributed by atoms with Crippen molar-refractivity contribution in [3.8, 4) is 5.75 Å². The van der Waals surface area contributed by atoms with Crippen molar-refractivity contribution in [1.29, 1.82) is 0 Å². The van der Waals surface area contributed by atoms with Crippen LogP contribution in [-0.2, 0) is 21.2 Å². The summed E-state index contributed by atoms with van der Waals surface area (Å²) in [7, 11) is -3.66. The molecule has 2 aliphatic heterocycles. The molecular formula is C22H24N2O5S. The molecule has 1 saturated heterocycles. The van der Waals surface area contributed by atoms with Crippen LogP contribution in [-0.4, -0.2) is 62.1 Å². The molecule has 1 amide bonds. The molecule has 2 aromatic rings. The molecule has 1 fully saturated rings. The first-order valence-electron chi connectivity index (χ1n) is 9.97. The average molecular weight is 429 g/mol. The van der Waals surface area contributed by atoms with Gasteiger partial charge in [-0.05, 0) is 37.1 Å². The van der Waals surface area contributed by atoms with Crippen LogP contribution in [0.2, 0.25) is 0 Å². The lowest BCUT2D eigenvalue weighted by molar-refractivity contribution is -0.138. The number of para-hydroxylation sites is 1. The Morgan fingerprint density at radius 1 is 0.967 bits per heavy atom. The highest BCUT2D eigenvalue weighted by Crippen LogP contribution is 2.28. The van der Waals surface area contributed by atoms with E-state index in [-0.39, 0.29) is 35.6 Å². The second-order valence-electron chi connectivity index (χ2n) is 7.63. The molecule has 0 radical (unpaired) electrons. The van der Waals surface area contributed by atoms with E-state index in [0.29, 0.717) is 31.7 Å². The number of carbonyl (C=O) groups excluding carboxylic acids is 2. The summed E-state index contributed by atoms with van der Waals surface area (Å²) >= 11 is 0. The SMILES string of the molecule is CC(=O)c1ccc(S(=O)(=O)N2CCN(C(=O)[C@@H]3COc4ccccc4C3)CC2)cc1. The Morgan fingerprint density at radius 3 is 2.30 bits per heavy atom. The van der Waals surface area contributed by atoms with Crippen LogP contribution >= 0.6 is 0 Å². The van der Waals surface area contributed by atoms with Crippen molar-refractivity contribution in [3.63, 3.8) is 0 Å². The number of nitrogens with zero attached hydrogens (tertiary/aromatic N) is 2. The molecule has 4 rings (SSSR count). The van der Waals surface area contributed by atoms with Gasteiger partial charge in [0.05, 0.1) is 10.8 Å². The minimum atomic E-state index is -3.66. The predicted molar refractivity (Wildman–Crippen MR) is 111 cm³/mol. The van der Waals surface area contributed by atoms with Crippen LogP contribution in [0.25, 0.3) is 0 Å². The molecular weight excluding hydrogens is 404 g/mol. The normalized spacial score (nSPS) is 19.6. The Kier molecular flexibility index (Phi) is 5.62. The average Bonchev–Trinajstić information content (AvgIpc) is 2.78. The number of ether oxygens (including phenoxy) is 1. The number of ketones is 1. The molecule has 0 unspecified atom stereocenters. The van der Waals surface area contributed by atoms with E-state index in [1.54, 1.807) is 4.90 Å². The predicted octanol–water partition coefficient (Wildman–Crippen LogP) is 1.97. The summed E-state index contributed by atoms with van der Waals surface area (Å²) in [4.78, 5) is 26.2. The number of piperazine rings is 1. The van der Waals surface area contributed by atoms with Gasteiger partial charge in [0.1, 0.15) is 12.4 Å². The number of rotatable bonds is 4. The Balaban J connectivity index is 1.38. The van der Waals surface area contributed by atoms with Gasteiger partial charge in [-0.2, -0.15) is 4.31 Å². The minimum Gasteiger partial charge on any atom is -0.492 e. The van der Waals surface area contributed by atoms with Gasteiger partial charge in [-0.15, -0.1) is 0 Å². The number of fused-ring (bicyclic) bond motifs is 1. The molecule has 1 atom stereocenters. The number of carbonyl (C=O) groups is 2. The summed E-state index contributed by atoms with van der Waals surface area (Å²) in [6.45, 7) is 2.97. The smallest absolute Gasteiger partial charge is 0.243 e. The third-order valence-corrected chi connectivity index (χ3v) is 7.59. The number of Topliss-reactive ketones (excluding diaryl/α,β-unsaturated/α-hetero) is 1. The van der Waals surface area contributed by atoms with Gasteiger partial charge in [0.2, 0.25) is 15.9 Å². The molecule has 0 aliphatic carbocycles. The standard InChI is InChI=1S/C22H24N2O5S/c1-16(25)17-6-8-20(9-7-17)30(27,28)24-12-10-23(11-13-24)22(26)19-14-18-4-2-3-5-21(18)29-15-19/h2-9,19H,10-15H2,1H3/t19-/m0/s1. The fourth-order valence-electron chi connectivity index (χ4n) is 3.90. The summed E-state index contributed by atoms with van der Waals surface area (Å²) in [5, 5.41) is 0. The highest BCUT2D eigenvalue weighted by atomic mass is 32.2. The first-order valence-corrected chi connectivity index (χ1v) is 11.4. The van der Waals surface area contributed by atoms with Crippen molar-refractivity contribution in [3.05, 3.63) is 59.7 Å². The molecule has 2 heterocycles. The minimum absolute atomic E-state index is 0.00682. The Hall–Kier alpha value is -2.71. The highest BCUT2D eigenvalue weighted by molar-refractivity contribution is 7.89. The number of amides is 1. The van der Waals surface area contributed by atoms with Crippen LogP contribution in [0, 0.1) is 5.92 Å². The van der Waals surface area contributed by atoms with Gasteiger partial charge in [-0.3, -0.25) is 9.59 Å². The molecule has 0 saturated carbocycles. The van der Waals surface area contributed by atoms with Crippen LogP contribution in [0.5, 0.6) is 5.75 Å². The van der Waals surface area contributed by atoms with Crippen molar-refractivity contribution < 1.29 is 22.7 Å². The summed E-state index contributed by atoms with van der Waals surface area (Å²) < 4.78 is 32.9. The molecule has 2 aromatic carbocycles. The maximum absolute atomic E-state index is 12.9. The summed E-state index contributed by atoms with van der Waals surface area (Å²) in [6.07, 6.45) is 0.635. The Morgan fingerprint density at radius 2 is 1.63 bits per heavy atom. The Bertz CT molecular complexity index is 1060. The molecule has 0 spiro atoms. The summed E-state index contributed by atoms with van der Waals surface area (Å²) in [5.41, 5.74) is 1.50. The number of benzene rings is 2. The van der Waals surface area contributed by atoms with E-state index in [4.69, 9.17) is 4.74 Å². The van der Waals surface area contributed by atoms with Gasteiger partial charge >= 0.3 is 0 Å². The van der Waals surface area contributed by atoms with Crippen molar-refractivity contribution >= 4 is 21.7 Å². The number of hydrogen-bond donors (Lipinski definition) is 0. The van der Waals surface area contributed by atoms with Crippen LogP contribution in [0.1, 0.15) is 22.8 Å². The Labute approximate surface area is 176 Å². The van der Waals surface area contributed by atoms with Crippen molar-refractivity contribution in [2.75, 3.05) is 32.8 Å². The topological polar surface area (TPSA) is 84.0 Å². The van der Waals surface area contributed by atoms with Crippen LogP contribution < -0.4 is 4.74 Å². The van der Waals surface area contributed by atoms with Crippen molar-refractivity contribution in [2.45, 2.75) is 18.2 Å². The van der Waals surface area contributed by atoms with Crippen LogP contribution in [0.4, 0.5) is 0 Å². The lowest BCUT2D eigenvalue weighted by atomic mass is 9.95. The molecule has 8 heteroatoms. The quantitative estimate of drug-likeness (QED) is 0.696. The molecule has 7 nitrogen and oxygen atoms in total. The van der Waals surface area contributed by atoms with Gasteiger partial charge in [-0.1, -0.05) is 30.3 Å². The first kappa shape index (κ1) is 20.6. The fourth-order valence-corrected chi connectivity index (χ4v) is 5.33. The van der Waals surface area contributed by atoms with E-state index >= 15 is 0 Å². The van der Waals surface area contributed by atoms with E-state index in [9.17, 15) is 18.0 Å². The molecule has 2 aliphatic rings. The monoisotopic (exact) mass is 428 g/mol. The van der Waals surface area contributed by atoms with E-state index in [1.807, 2.05) is 24.3 Å². The van der Waals surface area contributed by atoms with E-state index < -0.39 is 10.0 Å². The van der Waals surface area contributed by atoms with Crippen LogP contribution in [0.15, 0.2) is 53.4 Å². The summed E-state index contributed by atoms with van der Waals surface area (Å²) in [6, 6.07) is 13.7. The lowest BCUT2D eigenvalue weighted by Gasteiger charge is -2.36. The number of sulfonamides is 1. The third kappa shape index (κ3) is 3.97. The van der Waals surface area contributed by atoms with Gasteiger partial charge in [0, 0.05) is 31.7 Å². The van der Waals surface area contributed by atoms with E-state index in [2.05, 4.69) is 0 Å². The molecule has 158 valence electrons. The van der Waals surface area contributed by atoms with Crippen molar-refractivity contribution in [2.24, 2.45) is 5.92 Å². The first-order chi connectivity index (χ1) is 14.4. The van der Waals surface area contributed by atoms with Crippen LogP contribution in [0.3, 0.4) is 0 Å².